The molecule has 0 saturated carbocycles. The summed E-state index contributed by atoms with van der Waals surface area (Å²) in [6, 6.07) is 7.66. The van der Waals surface area contributed by atoms with Gasteiger partial charge in [-0.15, -0.1) is 0 Å². The molecule has 0 amide bonds. The van der Waals surface area contributed by atoms with E-state index in [2.05, 4.69) is 5.10 Å². The van der Waals surface area contributed by atoms with Crippen molar-refractivity contribution in [1.82, 2.24) is 4.68 Å². The number of halogens is 2. The van der Waals surface area contributed by atoms with Gasteiger partial charge < -0.3 is 5.11 Å². The molecule has 0 aliphatic heterocycles. The van der Waals surface area contributed by atoms with Crippen molar-refractivity contribution in [2.75, 3.05) is 0 Å². The Bertz CT molecular complexity index is 542. The van der Waals surface area contributed by atoms with Gasteiger partial charge in [-0.1, -0.05) is 6.07 Å². The molecule has 0 bridgehead atoms. The van der Waals surface area contributed by atoms with Crippen LogP contribution in [0.5, 0.6) is 5.75 Å². The van der Waals surface area contributed by atoms with Gasteiger partial charge in [0, 0.05) is 18.0 Å². The molecule has 1 heterocycles. The fourth-order valence-electron chi connectivity index (χ4n) is 1.62. The average molecular weight is 376 g/mol. The van der Waals surface area contributed by atoms with Gasteiger partial charge in [0.05, 0.1) is 6.21 Å². The average Bonchev–Trinajstić information content (AvgIpc) is 2.86. The number of hydrogen-bond acceptors (Lipinski definition) is 2. The van der Waals surface area contributed by atoms with Crippen molar-refractivity contribution in [3.05, 3.63) is 53.3 Å². The van der Waals surface area contributed by atoms with Gasteiger partial charge >= 0.3 is 37.9 Å². The van der Waals surface area contributed by atoms with E-state index in [0.717, 1.165) is 16.7 Å². The first-order valence-corrected chi connectivity index (χ1v) is 11.8. The van der Waals surface area contributed by atoms with Crippen LogP contribution in [0.1, 0.15) is 16.7 Å². The normalized spacial score (nSPS) is 10.1. The van der Waals surface area contributed by atoms with E-state index < -0.39 is 20.8 Å². The minimum atomic E-state index is -0.826. The molecule has 0 aliphatic carbocycles. The third-order valence-electron chi connectivity index (χ3n) is 2.39. The van der Waals surface area contributed by atoms with Gasteiger partial charge in [-0.2, -0.15) is 5.10 Å². The second-order valence-electron chi connectivity index (χ2n) is 3.90. The number of aromatic nitrogens is 1. The van der Waals surface area contributed by atoms with Crippen LogP contribution < -0.4 is 0 Å². The first kappa shape index (κ1) is 16.5. The summed E-state index contributed by atoms with van der Waals surface area (Å²) in [5.41, 5.74) is 2.73. The van der Waals surface area contributed by atoms with Crippen molar-refractivity contribution in [3.63, 3.8) is 0 Å². The van der Waals surface area contributed by atoms with Crippen LogP contribution in [0.25, 0.3) is 0 Å². The van der Waals surface area contributed by atoms with Gasteiger partial charge in [0.15, 0.2) is 0 Å². The molecule has 100 valence electrons. The molecule has 0 fully saturated rings. The monoisotopic (exact) mass is 374 g/mol. The zero-order valence-corrected chi connectivity index (χ0v) is 14.6. The van der Waals surface area contributed by atoms with Crippen molar-refractivity contribution in [2.45, 2.75) is 13.8 Å². The van der Waals surface area contributed by atoms with Crippen molar-refractivity contribution in [1.29, 1.82) is 0 Å². The van der Waals surface area contributed by atoms with E-state index in [9.17, 15) is 5.11 Å². The van der Waals surface area contributed by atoms with E-state index in [1.807, 2.05) is 50.5 Å². The van der Waals surface area contributed by atoms with Crippen LogP contribution in [-0.4, -0.2) is 16.0 Å². The van der Waals surface area contributed by atoms with Crippen molar-refractivity contribution >= 4 is 23.2 Å². The first-order valence-electron chi connectivity index (χ1n) is 5.52. The Morgan fingerprint density at radius 1 is 1.21 bits per heavy atom. The number of benzene rings is 1. The zero-order valence-electron chi connectivity index (χ0n) is 10.6. The maximum atomic E-state index is 9.85. The summed E-state index contributed by atoms with van der Waals surface area (Å²) in [5, 5.41) is 14.1. The Labute approximate surface area is 131 Å². The van der Waals surface area contributed by atoms with Gasteiger partial charge in [0.25, 0.3) is 0 Å². The molecule has 1 N–H and O–H groups in total. The van der Waals surface area contributed by atoms with E-state index in [1.165, 1.54) is 0 Å². The Hall–Kier alpha value is -0.567. The van der Waals surface area contributed by atoms with Gasteiger partial charge in [0.1, 0.15) is 5.75 Å². The van der Waals surface area contributed by atoms with Crippen LogP contribution >= 0.6 is 17.0 Å². The molecular weight excluding hydrogens is 362 g/mol. The molecule has 0 unspecified atom stereocenters. The SMILES string of the molecule is Cc1cc(C)c(O)c(C=Nn2cccc2)c1.[Cl][Zr][Cl]. The standard InChI is InChI=1S/C13H14N2O.2ClH.Zr/c1-10-7-11(2)13(16)12(8-10)9-14-15-5-3-4-6-15;;;/h3-9,16H,1-2H3;2*1H;/q;;;+2/p-2. The third kappa shape index (κ3) is 5.52. The second-order valence-corrected chi connectivity index (χ2v) is 7.63. The quantitative estimate of drug-likeness (QED) is 0.789. The van der Waals surface area contributed by atoms with Crippen LogP contribution in [-0.2, 0) is 20.8 Å². The van der Waals surface area contributed by atoms with Gasteiger partial charge in [-0.25, -0.2) is 4.68 Å². The second kappa shape index (κ2) is 8.57. The zero-order chi connectivity index (χ0) is 14.3. The van der Waals surface area contributed by atoms with E-state index in [1.54, 1.807) is 10.9 Å². The summed E-state index contributed by atoms with van der Waals surface area (Å²) in [6.07, 6.45) is 5.35. The Balaban J connectivity index is 0.000000550. The number of phenols is 1. The van der Waals surface area contributed by atoms with Crippen LogP contribution in [0.15, 0.2) is 41.8 Å². The molecule has 19 heavy (non-hydrogen) atoms. The fraction of sp³-hybridized carbons (Fsp3) is 0.154. The molecule has 6 heteroatoms. The molecule has 0 saturated heterocycles. The molecule has 0 spiro atoms. The van der Waals surface area contributed by atoms with Gasteiger partial charge in [-0.3, -0.25) is 0 Å². The molecule has 2 rings (SSSR count). The van der Waals surface area contributed by atoms with Crippen molar-refractivity contribution in [3.8, 4) is 5.75 Å². The summed E-state index contributed by atoms with van der Waals surface area (Å²) in [5.74, 6) is 0.293. The fourth-order valence-corrected chi connectivity index (χ4v) is 1.62. The van der Waals surface area contributed by atoms with Crippen LogP contribution in [0.4, 0.5) is 0 Å². The third-order valence-corrected chi connectivity index (χ3v) is 2.39. The van der Waals surface area contributed by atoms with Crippen LogP contribution in [0.3, 0.4) is 0 Å². The molecule has 0 atom stereocenters. The van der Waals surface area contributed by atoms with Crippen molar-refractivity contribution in [2.24, 2.45) is 5.10 Å². The maximum absolute atomic E-state index is 9.85. The number of hydrogen-bond donors (Lipinski definition) is 1. The minimum absolute atomic E-state index is 0.293. The first-order chi connectivity index (χ1) is 9.08. The molecule has 2 aromatic rings. The Morgan fingerprint density at radius 3 is 2.37 bits per heavy atom. The summed E-state index contributed by atoms with van der Waals surface area (Å²) < 4.78 is 1.69. The van der Waals surface area contributed by atoms with Gasteiger partial charge in [-0.05, 0) is 43.2 Å². The number of nitrogens with zero attached hydrogens (tertiary/aromatic N) is 2. The summed E-state index contributed by atoms with van der Waals surface area (Å²) in [4.78, 5) is 0. The van der Waals surface area contributed by atoms with Crippen LogP contribution in [0.2, 0.25) is 0 Å². The molecular formula is C13H14Cl2N2OZr. The van der Waals surface area contributed by atoms with Gasteiger partial charge in [0.2, 0.25) is 0 Å². The molecule has 0 aliphatic rings. The van der Waals surface area contributed by atoms with E-state index in [0.29, 0.717) is 5.75 Å². The summed E-state index contributed by atoms with van der Waals surface area (Å²) in [7, 11) is 9.87. The summed E-state index contributed by atoms with van der Waals surface area (Å²) in [6.45, 7) is 3.88. The number of aryl methyl sites for hydroxylation is 2. The number of aromatic hydroxyl groups is 1. The Kier molecular flexibility index (Phi) is 7.44. The number of rotatable bonds is 2. The summed E-state index contributed by atoms with van der Waals surface area (Å²) >= 11 is -0.826. The molecule has 3 nitrogen and oxygen atoms in total. The van der Waals surface area contributed by atoms with Crippen LogP contribution in [0, 0.1) is 13.8 Å². The van der Waals surface area contributed by atoms with Crippen molar-refractivity contribution < 1.29 is 26.0 Å². The predicted molar refractivity (Wildman–Crippen MR) is 76.7 cm³/mol. The predicted octanol–water partition coefficient (Wildman–Crippen LogP) is 4.07. The molecule has 0 radical (unpaired) electrons. The van der Waals surface area contributed by atoms with E-state index in [4.69, 9.17) is 17.0 Å². The molecule has 1 aromatic heterocycles. The number of phenolic OH excluding ortho intramolecular Hbond substituents is 1. The topological polar surface area (TPSA) is 37.5 Å². The van der Waals surface area contributed by atoms with E-state index >= 15 is 0 Å². The Morgan fingerprint density at radius 2 is 1.79 bits per heavy atom. The van der Waals surface area contributed by atoms with E-state index in [-0.39, 0.29) is 0 Å². The molecule has 1 aromatic carbocycles.